The highest BCUT2D eigenvalue weighted by atomic mass is 16.5. The van der Waals surface area contributed by atoms with Gasteiger partial charge >= 0.3 is 5.97 Å². The first-order valence-corrected chi connectivity index (χ1v) is 6.50. The van der Waals surface area contributed by atoms with Gasteiger partial charge < -0.3 is 9.84 Å². The molecule has 0 fully saturated rings. The molecule has 3 aromatic rings. The van der Waals surface area contributed by atoms with Crippen LogP contribution in [0.3, 0.4) is 0 Å². The first kappa shape index (κ1) is 13.1. The summed E-state index contributed by atoms with van der Waals surface area (Å²) in [7, 11) is 0. The number of carboxylic acid groups (broad SMARTS) is 1. The molecule has 1 aromatic heterocycles. The Balaban J connectivity index is 1.91. The van der Waals surface area contributed by atoms with Crippen LogP contribution in [-0.4, -0.2) is 16.1 Å². The van der Waals surface area contributed by atoms with Crippen molar-refractivity contribution in [1.82, 2.24) is 4.98 Å². The Morgan fingerprint density at radius 1 is 1.10 bits per heavy atom. The molecule has 4 nitrogen and oxygen atoms in total. The third-order valence-corrected chi connectivity index (χ3v) is 3.24. The average Bonchev–Trinajstić information content (AvgIpc) is 2.47. The maximum Gasteiger partial charge on any atom is 0.335 e. The number of fused-ring (bicyclic) bond motifs is 1. The zero-order valence-corrected chi connectivity index (χ0v) is 11.4. The maximum atomic E-state index is 11.0. The molecule has 0 unspecified atom stereocenters. The van der Waals surface area contributed by atoms with Crippen LogP contribution in [0.15, 0.2) is 54.7 Å². The van der Waals surface area contributed by atoms with Crippen molar-refractivity contribution in [2.75, 3.05) is 0 Å². The molecule has 0 saturated heterocycles. The molecule has 21 heavy (non-hydrogen) atoms. The molecule has 0 aliphatic rings. The number of aromatic nitrogens is 1. The van der Waals surface area contributed by atoms with Gasteiger partial charge in [-0.15, -0.1) is 0 Å². The molecular formula is C17H13NO3. The lowest BCUT2D eigenvalue weighted by atomic mass is 10.1. The van der Waals surface area contributed by atoms with Gasteiger partial charge in [0.05, 0.1) is 11.1 Å². The maximum absolute atomic E-state index is 11.0. The predicted molar refractivity (Wildman–Crippen MR) is 80.0 cm³/mol. The number of aryl methyl sites for hydroxylation is 1. The molecule has 0 bridgehead atoms. The molecule has 3 rings (SSSR count). The summed E-state index contributed by atoms with van der Waals surface area (Å²) in [6, 6.07) is 14.4. The lowest BCUT2D eigenvalue weighted by molar-refractivity contribution is 0.0696. The van der Waals surface area contributed by atoms with Crippen molar-refractivity contribution in [1.29, 1.82) is 0 Å². The standard InChI is InChI=1S/C17H13NO3/c1-11-9-13(6-7-15(11)17(19)20)21-14-5-4-12-3-2-8-18-16(12)10-14/h2-10H,1H3,(H,19,20). The fourth-order valence-corrected chi connectivity index (χ4v) is 2.19. The monoisotopic (exact) mass is 279 g/mol. The Kier molecular flexibility index (Phi) is 3.28. The second-order valence-electron chi connectivity index (χ2n) is 4.74. The van der Waals surface area contributed by atoms with E-state index in [9.17, 15) is 4.79 Å². The molecule has 1 N–H and O–H groups in total. The summed E-state index contributed by atoms with van der Waals surface area (Å²) in [4.78, 5) is 15.3. The zero-order valence-electron chi connectivity index (χ0n) is 11.4. The van der Waals surface area contributed by atoms with Crippen molar-refractivity contribution < 1.29 is 14.6 Å². The first-order chi connectivity index (χ1) is 10.1. The highest BCUT2D eigenvalue weighted by Crippen LogP contribution is 2.26. The summed E-state index contributed by atoms with van der Waals surface area (Å²) >= 11 is 0. The van der Waals surface area contributed by atoms with E-state index in [1.165, 1.54) is 0 Å². The Labute approximate surface area is 121 Å². The number of benzene rings is 2. The van der Waals surface area contributed by atoms with Crippen LogP contribution < -0.4 is 4.74 Å². The van der Waals surface area contributed by atoms with Gasteiger partial charge in [0.1, 0.15) is 11.5 Å². The van der Waals surface area contributed by atoms with E-state index in [1.54, 1.807) is 31.3 Å². The number of pyridine rings is 1. The fourth-order valence-electron chi connectivity index (χ4n) is 2.19. The smallest absolute Gasteiger partial charge is 0.335 e. The van der Waals surface area contributed by atoms with Crippen molar-refractivity contribution in [3.05, 3.63) is 65.9 Å². The van der Waals surface area contributed by atoms with Crippen LogP contribution in [0, 0.1) is 6.92 Å². The van der Waals surface area contributed by atoms with E-state index in [2.05, 4.69) is 4.98 Å². The van der Waals surface area contributed by atoms with Gasteiger partial charge in [0.15, 0.2) is 0 Å². The summed E-state index contributed by atoms with van der Waals surface area (Å²) < 4.78 is 5.77. The topological polar surface area (TPSA) is 59.4 Å². The molecule has 0 atom stereocenters. The Bertz CT molecular complexity index is 827. The van der Waals surface area contributed by atoms with E-state index < -0.39 is 5.97 Å². The van der Waals surface area contributed by atoms with Gasteiger partial charge in [0, 0.05) is 17.6 Å². The van der Waals surface area contributed by atoms with Crippen LogP contribution in [0.4, 0.5) is 0 Å². The van der Waals surface area contributed by atoms with Gasteiger partial charge in [-0.25, -0.2) is 4.79 Å². The molecule has 4 heteroatoms. The SMILES string of the molecule is Cc1cc(Oc2ccc3cccnc3c2)ccc1C(=O)O. The van der Waals surface area contributed by atoms with Gasteiger partial charge in [0.2, 0.25) is 0 Å². The second-order valence-corrected chi connectivity index (χ2v) is 4.74. The Morgan fingerprint density at radius 3 is 2.62 bits per heavy atom. The molecule has 0 aliphatic heterocycles. The minimum atomic E-state index is -0.936. The number of carbonyl (C=O) groups is 1. The first-order valence-electron chi connectivity index (χ1n) is 6.50. The van der Waals surface area contributed by atoms with Crippen LogP contribution >= 0.6 is 0 Å². The largest absolute Gasteiger partial charge is 0.478 e. The van der Waals surface area contributed by atoms with Crippen molar-refractivity contribution in [3.8, 4) is 11.5 Å². The summed E-state index contributed by atoms with van der Waals surface area (Å²) in [5.74, 6) is 0.338. The summed E-state index contributed by atoms with van der Waals surface area (Å²) in [5, 5.41) is 10.1. The van der Waals surface area contributed by atoms with Crippen LogP contribution in [-0.2, 0) is 0 Å². The van der Waals surface area contributed by atoms with E-state index in [4.69, 9.17) is 9.84 Å². The van der Waals surface area contributed by atoms with Crippen molar-refractivity contribution in [2.24, 2.45) is 0 Å². The highest BCUT2D eigenvalue weighted by Gasteiger charge is 2.08. The van der Waals surface area contributed by atoms with Crippen LogP contribution in [0.2, 0.25) is 0 Å². The molecule has 0 radical (unpaired) electrons. The van der Waals surface area contributed by atoms with Gasteiger partial charge in [-0.3, -0.25) is 4.98 Å². The van der Waals surface area contributed by atoms with Crippen LogP contribution in [0.25, 0.3) is 10.9 Å². The van der Waals surface area contributed by atoms with E-state index >= 15 is 0 Å². The van der Waals surface area contributed by atoms with Gasteiger partial charge in [0.25, 0.3) is 0 Å². The molecule has 2 aromatic carbocycles. The van der Waals surface area contributed by atoms with E-state index in [0.29, 0.717) is 17.1 Å². The number of ether oxygens (including phenoxy) is 1. The van der Waals surface area contributed by atoms with Crippen LogP contribution in [0.5, 0.6) is 11.5 Å². The lowest BCUT2D eigenvalue weighted by Crippen LogP contribution is -1.99. The number of hydrogen-bond acceptors (Lipinski definition) is 3. The molecular weight excluding hydrogens is 266 g/mol. The number of aromatic carboxylic acids is 1. The third-order valence-electron chi connectivity index (χ3n) is 3.24. The lowest BCUT2D eigenvalue weighted by Gasteiger charge is -2.08. The number of nitrogens with zero attached hydrogens (tertiary/aromatic N) is 1. The number of rotatable bonds is 3. The zero-order chi connectivity index (χ0) is 14.8. The van der Waals surface area contributed by atoms with Crippen molar-refractivity contribution in [2.45, 2.75) is 6.92 Å². The molecule has 104 valence electrons. The van der Waals surface area contributed by atoms with Gasteiger partial charge in [-0.05, 0) is 48.9 Å². The molecule has 0 amide bonds. The normalized spacial score (nSPS) is 10.5. The molecule has 0 spiro atoms. The van der Waals surface area contributed by atoms with Gasteiger partial charge in [-0.2, -0.15) is 0 Å². The van der Waals surface area contributed by atoms with E-state index in [0.717, 1.165) is 10.9 Å². The quantitative estimate of drug-likeness (QED) is 0.786. The second kappa shape index (κ2) is 5.25. The average molecular weight is 279 g/mol. The predicted octanol–water partition coefficient (Wildman–Crippen LogP) is 4.03. The molecule has 0 saturated carbocycles. The number of hydrogen-bond donors (Lipinski definition) is 1. The third kappa shape index (κ3) is 2.69. The number of carboxylic acids is 1. The minimum absolute atomic E-state index is 0.280. The highest BCUT2D eigenvalue weighted by molar-refractivity contribution is 5.89. The van der Waals surface area contributed by atoms with E-state index in [1.807, 2.05) is 30.3 Å². The Hall–Kier alpha value is -2.88. The van der Waals surface area contributed by atoms with Crippen molar-refractivity contribution >= 4 is 16.9 Å². The van der Waals surface area contributed by atoms with Crippen LogP contribution in [0.1, 0.15) is 15.9 Å². The summed E-state index contributed by atoms with van der Waals surface area (Å²) in [6.45, 7) is 1.75. The minimum Gasteiger partial charge on any atom is -0.478 e. The fraction of sp³-hybridized carbons (Fsp3) is 0.0588. The summed E-state index contributed by atoms with van der Waals surface area (Å²) in [6.07, 6.45) is 1.73. The summed E-state index contributed by atoms with van der Waals surface area (Å²) in [5.41, 5.74) is 1.80. The Morgan fingerprint density at radius 2 is 1.86 bits per heavy atom. The molecule has 0 aliphatic carbocycles. The van der Waals surface area contributed by atoms with Gasteiger partial charge in [-0.1, -0.05) is 6.07 Å². The van der Waals surface area contributed by atoms with E-state index in [-0.39, 0.29) is 5.56 Å². The van der Waals surface area contributed by atoms with Crippen molar-refractivity contribution in [3.63, 3.8) is 0 Å². The molecule has 1 heterocycles.